The van der Waals surface area contributed by atoms with Crippen LogP contribution in [0.3, 0.4) is 0 Å². The van der Waals surface area contributed by atoms with Gasteiger partial charge in [-0.25, -0.2) is 8.42 Å². The quantitative estimate of drug-likeness (QED) is 0.460. The van der Waals surface area contributed by atoms with Crippen LogP contribution in [0.1, 0.15) is 52.7 Å². The predicted molar refractivity (Wildman–Crippen MR) is 109 cm³/mol. The summed E-state index contributed by atoms with van der Waals surface area (Å²) in [6, 6.07) is 18.4. The van der Waals surface area contributed by atoms with Crippen LogP contribution in [0.25, 0.3) is 0 Å². The Bertz CT molecular complexity index is 856. The Balaban J connectivity index is 0.000000424. The van der Waals surface area contributed by atoms with E-state index in [1.165, 1.54) is 18.3 Å². The summed E-state index contributed by atoms with van der Waals surface area (Å²) in [7, 11) is -5.69. The molecule has 168 valence electrons. The molecule has 0 aliphatic heterocycles. The zero-order valence-electron chi connectivity index (χ0n) is 18.0. The lowest BCUT2D eigenvalue weighted by atomic mass is 9.87. The van der Waals surface area contributed by atoms with Gasteiger partial charge in [0, 0.05) is 0 Å². The second-order valence-corrected chi connectivity index (χ2v) is 13.4. The van der Waals surface area contributed by atoms with Crippen LogP contribution in [0.4, 0.5) is 8.78 Å². The molecule has 2 aromatic carbocycles. The largest absolute Gasteiger partial charge is 0.743 e. The molecule has 0 aliphatic carbocycles. The molecule has 0 aromatic heterocycles. The van der Waals surface area contributed by atoms with Gasteiger partial charge in [-0.15, -0.1) is 0 Å². The first-order valence-corrected chi connectivity index (χ1v) is 12.8. The van der Waals surface area contributed by atoms with E-state index in [4.69, 9.17) is 5.11 Å². The van der Waals surface area contributed by atoms with E-state index >= 15 is 0 Å². The molecule has 0 atom stereocenters. The van der Waals surface area contributed by atoms with Crippen molar-refractivity contribution in [2.45, 2.75) is 57.6 Å². The molecule has 0 saturated heterocycles. The predicted octanol–water partition coefficient (Wildman–Crippen LogP) is 1.53. The second-order valence-electron chi connectivity index (χ2n) is 8.86. The van der Waals surface area contributed by atoms with Crippen molar-refractivity contribution in [2.75, 3.05) is 6.61 Å². The van der Waals surface area contributed by atoms with Gasteiger partial charge >= 0.3 is 26.5 Å². The first kappa shape index (κ1) is 26.9. The van der Waals surface area contributed by atoms with Crippen LogP contribution in [0.2, 0.25) is 0 Å². The molecule has 8 heteroatoms. The van der Waals surface area contributed by atoms with Crippen LogP contribution >= 0.6 is 0 Å². The van der Waals surface area contributed by atoms with Crippen molar-refractivity contribution in [2.24, 2.45) is 0 Å². The van der Waals surface area contributed by atoms with E-state index in [0.717, 1.165) is 0 Å². The molecule has 2 rings (SSSR count). The van der Waals surface area contributed by atoms with Gasteiger partial charge in [0.15, 0.2) is 17.3 Å². The number of rotatable bonds is 4. The maximum atomic E-state index is 11.5. The van der Waals surface area contributed by atoms with Crippen molar-refractivity contribution < 1.29 is 48.1 Å². The molecule has 0 saturated carbocycles. The van der Waals surface area contributed by atoms with Crippen LogP contribution in [-0.2, 0) is 20.9 Å². The minimum atomic E-state index is -5.69. The fraction of sp³-hybridized carbons (Fsp3) is 0.455. The molecule has 0 unspecified atom stereocenters. The topological polar surface area (TPSA) is 77.4 Å². The SMILES string of the molecule is CC(C)(C)c1ccc([I+]c2ccc(C(C)(C)C)cc2)cc1.O=S(=O)([O-])C(F)(F)CO. The molecule has 0 heterocycles. The molecule has 4 nitrogen and oxygen atoms in total. The molecular formula is C22H29F2IO4S. The Morgan fingerprint density at radius 2 is 1.10 bits per heavy atom. The minimum absolute atomic E-state index is 0.0703. The lowest BCUT2D eigenvalue weighted by Gasteiger charge is -2.18. The number of benzene rings is 2. The molecule has 2 aromatic rings. The highest BCUT2D eigenvalue weighted by atomic mass is 127. The van der Waals surface area contributed by atoms with Crippen LogP contribution in [0, 0.1) is 7.14 Å². The summed E-state index contributed by atoms with van der Waals surface area (Å²) < 4.78 is 54.3. The van der Waals surface area contributed by atoms with Gasteiger partial charge in [0.2, 0.25) is 0 Å². The van der Waals surface area contributed by atoms with E-state index in [2.05, 4.69) is 90.1 Å². The Morgan fingerprint density at radius 1 is 0.800 bits per heavy atom. The summed E-state index contributed by atoms with van der Waals surface area (Å²) in [4.78, 5) is 0. The van der Waals surface area contributed by atoms with Gasteiger partial charge in [-0.05, 0) is 46.2 Å². The number of aliphatic hydroxyl groups is 1. The van der Waals surface area contributed by atoms with Gasteiger partial charge in [-0.1, -0.05) is 65.8 Å². The van der Waals surface area contributed by atoms with Crippen molar-refractivity contribution in [3.05, 3.63) is 66.8 Å². The number of hydrogen-bond donors (Lipinski definition) is 1. The Kier molecular flexibility index (Phi) is 8.99. The molecule has 0 radical (unpaired) electrons. The van der Waals surface area contributed by atoms with Gasteiger partial charge in [-0.3, -0.25) is 0 Å². The summed E-state index contributed by atoms with van der Waals surface area (Å²) in [5, 5.41) is 3.05. The third-order valence-corrected chi connectivity index (χ3v) is 7.73. The van der Waals surface area contributed by atoms with Crippen LogP contribution in [0.15, 0.2) is 48.5 Å². The van der Waals surface area contributed by atoms with Gasteiger partial charge in [0.1, 0.15) is 6.61 Å². The third-order valence-electron chi connectivity index (χ3n) is 4.19. The smallest absolute Gasteiger partial charge is 0.357 e. The molecule has 0 amide bonds. The van der Waals surface area contributed by atoms with E-state index in [-0.39, 0.29) is 32.0 Å². The summed E-state index contributed by atoms with van der Waals surface area (Å²) in [6.45, 7) is 11.6. The first-order chi connectivity index (χ1) is 13.5. The highest BCUT2D eigenvalue weighted by Crippen LogP contribution is 2.22. The van der Waals surface area contributed by atoms with Crippen molar-refractivity contribution in [1.29, 1.82) is 0 Å². The average molecular weight is 554 g/mol. The Morgan fingerprint density at radius 3 is 1.27 bits per heavy atom. The van der Waals surface area contributed by atoms with Crippen LogP contribution in [-0.4, -0.2) is 29.9 Å². The van der Waals surface area contributed by atoms with Gasteiger partial charge in [-0.2, -0.15) is 8.78 Å². The fourth-order valence-electron chi connectivity index (χ4n) is 2.23. The van der Waals surface area contributed by atoms with Crippen LogP contribution < -0.4 is 21.2 Å². The monoisotopic (exact) mass is 554 g/mol. The lowest BCUT2D eigenvalue weighted by Crippen LogP contribution is -3.61. The van der Waals surface area contributed by atoms with Crippen molar-refractivity contribution >= 4 is 10.1 Å². The van der Waals surface area contributed by atoms with E-state index in [0.29, 0.717) is 0 Å². The highest BCUT2D eigenvalue weighted by Gasteiger charge is 2.36. The summed E-state index contributed by atoms with van der Waals surface area (Å²) in [5.74, 6) is 0. The van der Waals surface area contributed by atoms with Gasteiger partial charge < -0.3 is 9.66 Å². The molecule has 1 N–H and O–H groups in total. The number of hydrogen-bond acceptors (Lipinski definition) is 4. The maximum absolute atomic E-state index is 11.5. The number of alkyl halides is 2. The molecule has 0 spiro atoms. The van der Waals surface area contributed by atoms with E-state index < -0.39 is 22.0 Å². The number of aliphatic hydroxyl groups excluding tert-OH is 1. The molecule has 0 fully saturated rings. The summed E-state index contributed by atoms with van der Waals surface area (Å²) in [5.41, 5.74) is 3.31. The highest BCUT2D eigenvalue weighted by molar-refractivity contribution is 7.86. The van der Waals surface area contributed by atoms with Gasteiger partial charge in [0.25, 0.3) is 0 Å². The zero-order chi connectivity index (χ0) is 23.4. The fourth-order valence-corrected chi connectivity index (χ4v) is 4.55. The molecule has 0 aliphatic rings. The van der Waals surface area contributed by atoms with Crippen molar-refractivity contribution in [1.82, 2.24) is 0 Å². The van der Waals surface area contributed by atoms with E-state index in [1.807, 2.05) is 0 Å². The maximum Gasteiger partial charge on any atom is 0.357 e. The molecule has 0 bridgehead atoms. The minimum Gasteiger partial charge on any atom is -0.743 e. The Hall–Kier alpha value is -1.10. The normalized spacial score (nSPS) is 12.9. The summed E-state index contributed by atoms with van der Waals surface area (Å²) >= 11 is -0.0703. The first-order valence-electron chi connectivity index (χ1n) is 9.27. The summed E-state index contributed by atoms with van der Waals surface area (Å²) in [6.07, 6.45) is 0. The van der Waals surface area contributed by atoms with E-state index in [9.17, 15) is 21.8 Å². The second kappa shape index (κ2) is 10.0. The van der Waals surface area contributed by atoms with E-state index in [1.54, 1.807) is 0 Å². The third kappa shape index (κ3) is 8.20. The molecule has 30 heavy (non-hydrogen) atoms. The lowest BCUT2D eigenvalue weighted by molar-refractivity contribution is -0.597. The van der Waals surface area contributed by atoms with Crippen LogP contribution in [0.5, 0.6) is 0 Å². The van der Waals surface area contributed by atoms with Gasteiger partial charge in [0.05, 0.1) is 0 Å². The number of halogens is 3. The van der Waals surface area contributed by atoms with Crippen molar-refractivity contribution in [3.63, 3.8) is 0 Å². The standard InChI is InChI=1S/C20H26I.C2H4F2O4S/c1-19(2,3)15-7-11-17(12-8-15)21-18-13-9-16(10-14-18)20(4,5)6;3-2(4,1-5)9(6,7)8/h7-14H,1-6H3;5H,1H2,(H,6,7,8)/q+1;/p-1. The van der Waals surface area contributed by atoms with Crippen molar-refractivity contribution in [3.8, 4) is 0 Å². The molecular weight excluding hydrogens is 525 g/mol. The average Bonchev–Trinajstić information content (AvgIpc) is 2.61. The Labute approximate surface area is 188 Å². The zero-order valence-corrected chi connectivity index (χ0v) is 21.0.